The van der Waals surface area contributed by atoms with Crippen LogP contribution < -0.4 is 10.1 Å². The van der Waals surface area contributed by atoms with E-state index in [4.69, 9.17) is 4.74 Å². The molecule has 0 aliphatic carbocycles. The second kappa shape index (κ2) is 12.2. The van der Waals surface area contributed by atoms with Crippen LogP contribution in [0.15, 0.2) is 45.3 Å². The predicted molar refractivity (Wildman–Crippen MR) is 117 cm³/mol. The number of rotatable bonds is 7. The summed E-state index contributed by atoms with van der Waals surface area (Å²) >= 11 is 6.80. The number of nitrogens with one attached hydrogen (secondary N) is 1. The zero-order chi connectivity index (χ0) is 21.3. The standard InChI is InChI=1S/C15H14Br2N2O3.C2H7O3P/c1-9(2)18-13-8-11(4-5-14(13)19(20)21)22-15-6-3-10(16)7-12(15)17;1-4-6(3)5-2/h3-9,18H,1-2H3;6H,1-2H3. The molecule has 0 spiro atoms. The van der Waals surface area contributed by atoms with Crippen molar-refractivity contribution in [3.05, 3.63) is 55.5 Å². The lowest BCUT2D eigenvalue weighted by Crippen LogP contribution is -2.11. The van der Waals surface area contributed by atoms with E-state index < -0.39 is 13.2 Å². The third-order valence-corrected chi connectivity index (χ3v) is 4.84. The van der Waals surface area contributed by atoms with Crippen molar-refractivity contribution in [2.75, 3.05) is 19.5 Å². The lowest BCUT2D eigenvalue weighted by Gasteiger charge is -2.13. The molecule has 154 valence electrons. The lowest BCUT2D eigenvalue weighted by atomic mass is 10.2. The molecule has 0 atom stereocenters. The largest absolute Gasteiger partial charge is 0.456 e. The summed E-state index contributed by atoms with van der Waals surface area (Å²) in [5.41, 5.74) is 0.460. The Morgan fingerprint density at radius 3 is 2.21 bits per heavy atom. The number of nitro benzene ring substituents is 1. The number of hydrogen-bond donors (Lipinski definition) is 1. The van der Waals surface area contributed by atoms with Crippen molar-refractivity contribution in [1.82, 2.24) is 0 Å². The highest BCUT2D eigenvalue weighted by Gasteiger charge is 2.16. The molecule has 28 heavy (non-hydrogen) atoms. The maximum Gasteiger partial charge on any atom is 0.318 e. The molecular formula is C17H21Br2N2O6P. The van der Waals surface area contributed by atoms with Crippen LogP contribution in [-0.2, 0) is 13.6 Å². The van der Waals surface area contributed by atoms with E-state index in [1.165, 1.54) is 20.3 Å². The third-order valence-electron chi connectivity index (χ3n) is 3.06. The number of nitrogens with zero attached hydrogens (tertiary/aromatic N) is 1. The third kappa shape index (κ3) is 8.28. The number of ether oxygens (including phenoxy) is 1. The first-order chi connectivity index (χ1) is 13.2. The quantitative estimate of drug-likeness (QED) is 0.247. The van der Waals surface area contributed by atoms with E-state index in [1.807, 2.05) is 32.0 Å². The molecule has 0 unspecified atom stereocenters. The van der Waals surface area contributed by atoms with Crippen molar-refractivity contribution in [3.8, 4) is 11.5 Å². The summed E-state index contributed by atoms with van der Waals surface area (Å²) in [6.07, 6.45) is 0. The van der Waals surface area contributed by atoms with E-state index in [9.17, 15) is 14.7 Å². The lowest BCUT2D eigenvalue weighted by molar-refractivity contribution is -0.384. The summed E-state index contributed by atoms with van der Waals surface area (Å²) in [7, 11) is 0.558. The minimum atomic E-state index is -2.12. The van der Waals surface area contributed by atoms with Gasteiger partial charge < -0.3 is 19.1 Å². The van der Waals surface area contributed by atoms with Gasteiger partial charge in [0, 0.05) is 36.9 Å². The van der Waals surface area contributed by atoms with Crippen LogP contribution in [0.1, 0.15) is 13.8 Å². The van der Waals surface area contributed by atoms with Crippen LogP contribution in [0.5, 0.6) is 11.5 Å². The van der Waals surface area contributed by atoms with Crippen molar-refractivity contribution >= 4 is 51.5 Å². The summed E-state index contributed by atoms with van der Waals surface area (Å²) < 4.78 is 25.9. The Morgan fingerprint density at radius 2 is 1.75 bits per heavy atom. The minimum absolute atomic E-state index is 0.0240. The summed E-state index contributed by atoms with van der Waals surface area (Å²) in [5.74, 6) is 1.16. The van der Waals surface area contributed by atoms with Gasteiger partial charge in [0.05, 0.1) is 9.40 Å². The Bertz CT molecular complexity index is 829. The number of nitro groups is 1. The zero-order valence-corrected chi connectivity index (χ0v) is 19.9. The van der Waals surface area contributed by atoms with Gasteiger partial charge in [0.15, 0.2) is 0 Å². The highest BCUT2D eigenvalue weighted by molar-refractivity contribution is 9.11. The van der Waals surface area contributed by atoms with Crippen LogP contribution in [0.2, 0.25) is 0 Å². The number of hydrogen-bond acceptors (Lipinski definition) is 7. The summed E-state index contributed by atoms with van der Waals surface area (Å²) in [4.78, 5) is 10.7. The van der Waals surface area contributed by atoms with Gasteiger partial charge in [0.1, 0.15) is 17.2 Å². The molecule has 0 radical (unpaired) electrons. The monoisotopic (exact) mass is 538 g/mol. The van der Waals surface area contributed by atoms with Gasteiger partial charge in [0.25, 0.3) is 5.69 Å². The number of anilines is 1. The molecule has 2 rings (SSSR count). The van der Waals surface area contributed by atoms with Gasteiger partial charge in [-0.15, -0.1) is 0 Å². The smallest absolute Gasteiger partial charge is 0.318 e. The summed E-state index contributed by atoms with van der Waals surface area (Å²) in [5, 5.41) is 14.1. The Kier molecular flexibility index (Phi) is 10.7. The first-order valence-corrected chi connectivity index (χ1v) is 10.8. The van der Waals surface area contributed by atoms with E-state index in [2.05, 4.69) is 46.2 Å². The first kappa shape index (κ1) is 24.6. The highest BCUT2D eigenvalue weighted by atomic mass is 79.9. The maximum absolute atomic E-state index is 11.1. The van der Waals surface area contributed by atoms with Crippen molar-refractivity contribution in [3.63, 3.8) is 0 Å². The molecule has 0 fully saturated rings. The topological polar surface area (TPSA) is 99.9 Å². The van der Waals surface area contributed by atoms with Crippen molar-refractivity contribution in [1.29, 1.82) is 0 Å². The van der Waals surface area contributed by atoms with Gasteiger partial charge in [-0.25, -0.2) is 0 Å². The van der Waals surface area contributed by atoms with Gasteiger partial charge in [-0.1, -0.05) is 15.9 Å². The van der Waals surface area contributed by atoms with Crippen molar-refractivity contribution in [2.45, 2.75) is 19.9 Å². The van der Waals surface area contributed by atoms with E-state index in [0.717, 1.165) is 8.95 Å². The van der Waals surface area contributed by atoms with Crippen LogP contribution in [0.3, 0.4) is 0 Å². The second-order valence-electron chi connectivity index (χ2n) is 5.57. The molecular weight excluding hydrogens is 519 g/mol. The molecule has 0 amide bonds. The normalized spacial score (nSPS) is 10.4. The second-order valence-corrected chi connectivity index (χ2v) is 8.66. The van der Waals surface area contributed by atoms with Gasteiger partial charge in [0.2, 0.25) is 0 Å². The zero-order valence-electron chi connectivity index (χ0n) is 15.7. The molecule has 0 saturated carbocycles. The molecule has 0 aliphatic rings. The first-order valence-electron chi connectivity index (χ1n) is 7.97. The Labute approximate surface area is 180 Å². The van der Waals surface area contributed by atoms with Crippen LogP contribution in [0.25, 0.3) is 0 Å². The Morgan fingerprint density at radius 1 is 1.11 bits per heavy atom. The van der Waals surface area contributed by atoms with Crippen molar-refractivity contribution in [2.24, 2.45) is 0 Å². The fourth-order valence-electron chi connectivity index (χ4n) is 1.93. The van der Waals surface area contributed by atoms with Crippen LogP contribution in [0, 0.1) is 10.1 Å². The maximum atomic E-state index is 11.1. The molecule has 1 N–H and O–H groups in total. The molecule has 2 aromatic carbocycles. The fraction of sp³-hybridized carbons (Fsp3) is 0.294. The van der Waals surface area contributed by atoms with Gasteiger partial charge in [-0.05, 0) is 54.0 Å². The molecule has 8 nitrogen and oxygen atoms in total. The molecule has 0 heterocycles. The fourth-order valence-corrected chi connectivity index (χ4v) is 3.23. The van der Waals surface area contributed by atoms with Gasteiger partial charge >= 0.3 is 8.25 Å². The molecule has 0 aromatic heterocycles. The van der Waals surface area contributed by atoms with E-state index >= 15 is 0 Å². The minimum Gasteiger partial charge on any atom is -0.456 e. The molecule has 0 bridgehead atoms. The molecule has 2 aromatic rings. The van der Waals surface area contributed by atoms with E-state index in [0.29, 0.717) is 17.2 Å². The Hall–Kier alpha value is -1.45. The summed E-state index contributed by atoms with van der Waals surface area (Å²) in [6.45, 7) is 3.84. The van der Waals surface area contributed by atoms with Crippen LogP contribution >= 0.6 is 40.1 Å². The van der Waals surface area contributed by atoms with Crippen molar-refractivity contribution < 1.29 is 23.3 Å². The van der Waals surface area contributed by atoms with E-state index in [-0.39, 0.29) is 11.7 Å². The predicted octanol–water partition coefficient (Wildman–Crippen LogP) is 6.40. The van der Waals surface area contributed by atoms with Crippen LogP contribution in [-0.4, -0.2) is 25.2 Å². The SMILES string of the molecule is CC(C)Nc1cc(Oc2ccc(Br)cc2Br)ccc1[N+](=O)[O-].CO[PH](=O)OC. The number of benzene rings is 2. The molecule has 0 saturated heterocycles. The van der Waals surface area contributed by atoms with Gasteiger partial charge in [-0.3, -0.25) is 14.7 Å². The highest BCUT2D eigenvalue weighted by Crippen LogP contribution is 2.35. The van der Waals surface area contributed by atoms with Crippen LogP contribution in [0.4, 0.5) is 11.4 Å². The Balaban J connectivity index is 0.000000568. The van der Waals surface area contributed by atoms with Gasteiger partial charge in [-0.2, -0.15) is 0 Å². The average Bonchev–Trinajstić information content (AvgIpc) is 2.63. The number of halogens is 2. The molecule has 0 aliphatic heterocycles. The average molecular weight is 540 g/mol. The summed E-state index contributed by atoms with van der Waals surface area (Å²) in [6, 6.07) is 10.3. The van der Waals surface area contributed by atoms with E-state index in [1.54, 1.807) is 12.1 Å². The molecule has 11 heteroatoms.